The summed E-state index contributed by atoms with van der Waals surface area (Å²) in [6, 6.07) is 17.5. The number of fused-ring (bicyclic) bond motifs is 1. The predicted octanol–water partition coefficient (Wildman–Crippen LogP) is 5.23. The van der Waals surface area contributed by atoms with Gasteiger partial charge < -0.3 is 0 Å². The summed E-state index contributed by atoms with van der Waals surface area (Å²) in [4.78, 5) is 0. The van der Waals surface area contributed by atoms with E-state index < -0.39 is 0 Å². The van der Waals surface area contributed by atoms with Gasteiger partial charge in [-0.2, -0.15) is 0 Å². The van der Waals surface area contributed by atoms with Crippen molar-refractivity contribution in [2.75, 3.05) is 0 Å². The molecule has 0 aromatic heterocycles. The molecule has 2 aromatic carbocycles. The third kappa shape index (κ3) is 3.48. The predicted molar refractivity (Wildman–Crippen MR) is 99.5 cm³/mol. The van der Waals surface area contributed by atoms with Gasteiger partial charge >= 0.3 is 141 Å². The van der Waals surface area contributed by atoms with E-state index in [9.17, 15) is 0 Å². The molecule has 3 heteroatoms. The van der Waals surface area contributed by atoms with Crippen molar-refractivity contribution in [1.82, 2.24) is 0 Å². The van der Waals surface area contributed by atoms with Crippen LogP contribution in [-0.2, 0) is 24.7 Å². The minimum absolute atomic E-state index is 0. The molecule has 2 aliphatic carbocycles. The second-order valence-electron chi connectivity index (χ2n) is 5.62. The fourth-order valence-electron chi connectivity index (χ4n) is 3.28. The average molecular weight is 419 g/mol. The first-order valence-electron chi connectivity index (χ1n) is 7.31. The quantitative estimate of drug-likeness (QED) is 0.626. The molecule has 2 aliphatic rings. The molecule has 2 aromatic rings. The van der Waals surface area contributed by atoms with Gasteiger partial charge in [-0.1, -0.05) is 0 Å². The van der Waals surface area contributed by atoms with Crippen molar-refractivity contribution < 1.29 is 24.7 Å². The van der Waals surface area contributed by atoms with E-state index in [1.165, 1.54) is 55.8 Å². The van der Waals surface area contributed by atoms with Crippen LogP contribution in [0.3, 0.4) is 0 Å². The molecule has 0 N–H and O–H groups in total. The molecule has 0 aliphatic heterocycles. The van der Waals surface area contributed by atoms with Crippen molar-refractivity contribution in [1.29, 1.82) is 0 Å². The Morgan fingerprint density at radius 1 is 0.870 bits per heavy atom. The van der Waals surface area contributed by atoms with E-state index in [1.807, 2.05) is 0 Å². The molecular weight excluding hydrogens is 402 g/mol. The summed E-state index contributed by atoms with van der Waals surface area (Å²) in [5.41, 5.74) is 7.24. The molecule has 0 amide bonds. The molecule has 23 heavy (non-hydrogen) atoms. The van der Waals surface area contributed by atoms with Gasteiger partial charge in [-0.25, -0.2) is 0 Å². The van der Waals surface area contributed by atoms with Crippen molar-refractivity contribution in [2.45, 2.75) is 12.3 Å². The van der Waals surface area contributed by atoms with E-state index in [0.29, 0.717) is 5.92 Å². The molecule has 1 atom stereocenters. The van der Waals surface area contributed by atoms with Crippen molar-refractivity contribution in [3.8, 4) is 0 Å². The van der Waals surface area contributed by atoms with E-state index in [1.54, 1.807) is 0 Å². The van der Waals surface area contributed by atoms with Crippen molar-refractivity contribution in [3.05, 3.63) is 89.0 Å². The fraction of sp³-hybridized carbons (Fsp3) is 0.100. The van der Waals surface area contributed by atoms with E-state index in [2.05, 4.69) is 72.8 Å². The number of halogens is 2. The summed E-state index contributed by atoms with van der Waals surface area (Å²) in [6.45, 7) is 0. The third-order valence-corrected chi connectivity index (χ3v) is 5.44. The van der Waals surface area contributed by atoms with Crippen LogP contribution in [0.4, 0.5) is 0 Å². The summed E-state index contributed by atoms with van der Waals surface area (Å²) in [7, 11) is 0. The van der Waals surface area contributed by atoms with E-state index >= 15 is 0 Å². The number of rotatable bonds is 2. The first kappa shape index (κ1) is 18.5. The van der Waals surface area contributed by atoms with Gasteiger partial charge in [0.15, 0.2) is 0 Å². The number of allylic oxidation sites excluding steroid dienone is 5. The van der Waals surface area contributed by atoms with Crippen LogP contribution >= 0.6 is 24.8 Å². The van der Waals surface area contributed by atoms with Crippen molar-refractivity contribution in [2.24, 2.45) is 0 Å². The van der Waals surface area contributed by atoms with Crippen molar-refractivity contribution >= 4 is 39.7 Å². The zero-order valence-electron chi connectivity index (χ0n) is 12.5. The van der Waals surface area contributed by atoms with Gasteiger partial charge in [0.1, 0.15) is 0 Å². The Morgan fingerprint density at radius 3 is 2.43 bits per heavy atom. The second kappa shape index (κ2) is 7.80. The number of hydrogen-bond donors (Lipinski definition) is 0. The molecule has 0 saturated carbocycles. The van der Waals surface area contributed by atoms with Crippen molar-refractivity contribution in [3.63, 3.8) is 0 Å². The number of benzene rings is 2. The minimum atomic E-state index is 0. The monoisotopic (exact) mass is 417 g/mol. The van der Waals surface area contributed by atoms with E-state index in [0.717, 1.165) is 6.42 Å². The summed E-state index contributed by atoms with van der Waals surface area (Å²) < 4.78 is 1.45. The molecule has 0 nitrogen and oxygen atoms in total. The standard InChI is InChI=1S/C20H15.2ClH.Zr/c1-2-6-15(7-3-1)17-10-11-18(14-17)20-13-12-16-8-4-5-9-19(16)20;;;/h1-6,8-13,20H,14H2;2*1H;. The SMILES string of the molecule is Cl.Cl.[Zr][c]1ccccc1C1=CC=C(C2C=Cc3ccccc32)C1. The van der Waals surface area contributed by atoms with Gasteiger partial charge in [-0.05, 0) is 0 Å². The molecule has 1 unspecified atom stereocenters. The molecular formula is C20H17Cl2Zr. The van der Waals surface area contributed by atoms with Gasteiger partial charge in [0.2, 0.25) is 0 Å². The number of hydrogen-bond acceptors (Lipinski definition) is 0. The molecule has 0 radical (unpaired) electrons. The maximum atomic E-state index is 2.34. The first-order valence-corrected chi connectivity index (χ1v) is 8.53. The summed E-state index contributed by atoms with van der Waals surface area (Å²) in [6.07, 6.45) is 10.3. The molecule has 0 spiro atoms. The van der Waals surface area contributed by atoms with E-state index in [-0.39, 0.29) is 24.8 Å². The molecule has 0 saturated heterocycles. The normalized spacial score (nSPS) is 17.6. The fourth-order valence-corrected chi connectivity index (χ4v) is 4.12. The van der Waals surface area contributed by atoms with Gasteiger partial charge in [0.05, 0.1) is 0 Å². The van der Waals surface area contributed by atoms with Gasteiger partial charge in [0.25, 0.3) is 0 Å². The Kier molecular flexibility index (Phi) is 6.26. The molecule has 0 bridgehead atoms. The zero-order chi connectivity index (χ0) is 14.2. The summed E-state index contributed by atoms with van der Waals surface area (Å²) in [5.74, 6) is 0.465. The average Bonchev–Trinajstić information content (AvgIpc) is 3.14. The molecule has 0 fully saturated rings. The Bertz CT molecular complexity index is 803. The van der Waals surface area contributed by atoms with Crippen LogP contribution in [-0.4, -0.2) is 0 Å². The van der Waals surface area contributed by atoms with Crippen LogP contribution in [0.2, 0.25) is 0 Å². The molecule has 4 rings (SSSR count). The Hall–Kier alpha value is -0.877. The van der Waals surface area contributed by atoms with Crippen LogP contribution in [0.15, 0.2) is 72.3 Å². The molecule has 0 heterocycles. The first-order chi connectivity index (χ1) is 10.3. The topological polar surface area (TPSA) is 0 Å². The van der Waals surface area contributed by atoms with Crippen LogP contribution in [0.5, 0.6) is 0 Å². The Balaban J connectivity index is 0.000000960. The van der Waals surface area contributed by atoms with Crippen LogP contribution in [0, 0.1) is 0 Å². The van der Waals surface area contributed by atoms with Gasteiger partial charge in [-0.3, -0.25) is 0 Å². The van der Waals surface area contributed by atoms with Gasteiger partial charge in [0, 0.05) is 0 Å². The third-order valence-electron chi connectivity index (χ3n) is 4.36. The van der Waals surface area contributed by atoms with Crippen LogP contribution < -0.4 is 3.27 Å². The van der Waals surface area contributed by atoms with Gasteiger partial charge in [-0.15, -0.1) is 24.8 Å². The van der Waals surface area contributed by atoms with Crippen LogP contribution in [0.1, 0.15) is 29.0 Å². The second-order valence-corrected chi connectivity index (χ2v) is 6.95. The zero-order valence-corrected chi connectivity index (χ0v) is 16.6. The summed E-state index contributed by atoms with van der Waals surface area (Å²) >= 11 is 1.49. The van der Waals surface area contributed by atoms with Crippen LogP contribution in [0.25, 0.3) is 11.6 Å². The Morgan fingerprint density at radius 2 is 1.61 bits per heavy atom. The molecule has 115 valence electrons. The maximum absolute atomic E-state index is 2.34. The Labute approximate surface area is 165 Å². The summed E-state index contributed by atoms with van der Waals surface area (Å²) in [5, 5.41) is 0. The van der Waals surface area contributed by atoms with E-state index in [4.69, 9.17) is 0 Å².